The normalized spacial score (nSPS) is 16.6. The molecule has 1 unspecified atom stereocenters. The van der Waals surface area contributed by atoms with Crippen molar-refractivity contribution in [1.29, 1.82) is 0 Å². The Labute approximate surface area is 169 Å². The molecule has 0 bridgehead atoms. The summed E-state index contributed by atoms with van der Waals surface area (Å²) in [5, 5.41) is 11.2. The molecule has 0 saturated heterocycles. The summed E-state index contributed by atoms with van der Waals surface area (Å²) in [7, 11) is 0. The highest BCUT2D eigenvalue weighted by Crippen LogP contribution is 2.29. The standard InChI is InChI=1S/C22H31NO3.ClH/c1-3-23(4-2)18-12-11-17-22(25,19-13-7-5-8-14-19)21(24)26-20-15-9-6-10-16-20;/h5,7-8,13-14,20,25H,3-4,6,9-10,15-18H2,1-2H3;1H. The first-order valence-corrected chi connectivity index (χ1v) is 9.77. The predicted octanol–water partition coefficient (Wildman–Crippen LogP) is 3.91. The minimum Gasteiger partial charge on any atom is -0.460 e. The maximum absolute atomic E-state index is 12.8. The van der Waals surface area contributed by atoms with Gasteiger partial charge in [0.25, 0.3) is 0 Å². The fourth-order valence-corrected chi connectivity index (χ4v) is 3.24. The van der Waals surface area contributed by atoms with E-state index >= 15 is 0 Å². The molecule has 1 N–H and O–H groups in total. The minimum absolute atomic E-state index is 0. The van der Waals surface area contributed by atoms with Crippen molar-refractivity contribution >= 4 is 18.4 Å². The topological polar surface area (TPSA) is 49.8 Å². The molecule has 4 nitrogen and oxygen atoms in total. The number of esters is 1. The van der Waals surface area contributed by atoms with Crippen molar-refractivity contribution < 1.29 is 14.6 Å². The quantitative estimate of drug-likeness (QED) is 0.563. The van der Waals surface area contributed by atoms with Gasteiger partial charge in [-0.15, -0.1) is 12.4 Å². The molecular weight excluding hydrogens is 362 g/mol. The third kappa shape index (κ3) is 6.84. The number of nitrogens with zero attached hydrogens (tertiary/aromatic N) is 1. The van der Waals surface area contributed by atoms with Crippen LogP contribution in [-0.4, -0.2) is 41.7 Å². The van der Waals surface area contributed by atoms with E-state index in [0.717, 1.165) is 38.8 Å². The molecule has 1 aliphatic rings. The van der Waals surface area contributed by atoms with Gasteiger partial charge in [0.15, 0.2) is 5.60 Å². The lowest BCUT2D eigenvalue weighted by Crippen LogP contribution is -2.39. The Hall–Kier alpha value is -1.54. The summed E-state index contributed by atoms with van der Waals surface area (Å²) >= 11 is 0. The van der Waals surface area contributed by atoms with Crippen LogP contribution in [0.4, 0.5) is 0 Å². The number of halogens is 1. The summed E-state index contributed by atoms with van der Waals surface area (Å²) in [5.74, 6) is 5.50. The summed E-state index contributed by atoms with van der Waals surface area (Å²) in [4.78, 5) is 15.0. The lowest BCUT2D eigenvalue weighted by molar-refractivity contribution is -0.173. The Bertz CT molecular complexity index is 615. The van der Waals surface area contributed by atoms with E-state index in [4.69, 9.17) is 4.74 Å². The van der Waals surface area contributed by atoms with E-state index in [2.05, 4.69) is 30.6 Å². The van der Waals surface area contributed by atoms with Crippen LogP contribution < -0.4 is 0 Å². The second kappa shape index (κ2) is 12.0. The number of aliphatic hydroxyl groups is 1. The molecule has 1 atom stereocenters. The van der Waals surface area contributed by atoms with Crippen molar-refractivity contribution in [2.75, 3.05) is 19.6 Å². The molecule has 1 aromatic rings. The number of benzene rings is 1. The van der Waals surface area contributed by atoms with E-state index < -0.39 is 11.6 Å². The molecule has 1 aromatic carbocycles. The number of ether oxygens (including phenoxy) is 1. The minimum atomic E-state index is -1.71. The Morgan fingerprint density at radius 1 is 1.15 bits per heavy atom. The fourth-order valence-electron chi connectivity index (χ4n) is 3.24. The van der Waals surface area contributed by atoms with Crippen molar-refractivity contribution in [2.24, 2.45) is 0 Å². The highest BCUT2D eigenvalue weighted by molar-refractivity contribution is 5.85. The van der Waals surface area contributed by atoms with Crippen LogP contribution in [0.1, 0.15) is 57.9 Å². The number of carbonyl (C=O) groups excluding carboxylic acids is 1. The second-order valence-corrected chi connectivity index (χ2v) is 6.88. The number of hydrogen-bond acceptors (Lipinski definition) is 4. The van der Waals surface area contributed by atoms with Crippen LogP contribution in [0.2, 0.25) is 0 Å². The largest absolute Gasteiger partial charge is 0.460 e. The summed E-state index contributed by atoms with van der Waals surface area (Å²) in [5.41, 5.74) is -1.17. The monoisotopic (exact) mass is 393 g/mol. The van der Waals surface area contributed by atoms with Gasteiger partial charge in [0, 0.05) is 0 Å². The van der Waals surface area contributed by atoms with Crippen molar-refractivity contribution in [3.63, 3.8) is 0 Å². The first-order chi connectivity index (χ1) is 12.6. The maximum Gasteiger partial charge on any atom is 0.344 e. The number of carbonyl (C=O) groups is 1. The van der Waals surface area contributed by atoms with Gasteiger partial charge < -0.3 is 9.84 Å². The summed E-state index contributed by atoms with van der Waals surface area (Å²) in [6.07, 6.45) is 5.05. The van der Waals surface area contributed by atoms with Gasteiger partial charge >= 0.3 is 5.97 Å². The van der Waals surface area contributed by atoms with Crippen molar-refractivity contribution in [3.8, 4) is 11.8 Å². The fraction of sp³-hybridized carbons (Fsp3) is 0.591. The molecule has 0 radical (unpaired) electrons. The zero-order valence-corrected chi connectivity index (χ0v) is 17.3. The lowest BCUT2D eigenvalue weighted by Gasteiger charge is -2.29. The Morgan fingerprint density at radius 2 is 1.78 bits per heavy atom. The third-order valence-electron chi connectivity index (χ3n) is 5.08. The van der Waals surface area contributed by atoms with Crippen LogP contribution in [0.3, 0.4) is 0 Å². The molecular formula is C22H32ClNO3. The summed E-state index contributed by atoms with van der Waals surface area (Å²) in [6.45, 7) is 6.67. The van der Waals surface area contributed by atoms with Gasteiger partial charge in [-0.05, 0) is 44.3 Å². The Morgan fingerprint density at radius 3 is 2.37 bits per heavy atom. The maximum atomic E-state index is 12.8. The molecule has 0 aromatic heterocycles. The molecule has 0 spiro atoms. The molecule has 1 saturated carbocycles. The van der Waals surface area contributed by atoms with Crippen LogP contribution in [0.5, 0.6) is 0 Å². The van der Waals surface area contributed by atoms with Crippen LogP contribution in [0.15, 0.2) is 30.3 Å². The Kier molecular flexibility index (Phi) is 10.5. The third-order valence-corrected chi connectivity index (χ3v) is 5.08. The summed E-state index contributed by atoms with van der Waals surface area (Å²) < 4.78 is 5.66. The van der Waals surface area contributed by atoms with Crippen molar-refractivity contribution in [1.82, 2.24) is 4.90 Å². The number of rotatable bonds is 7. The Balaban J connectivity index is 0.00000364. The second-order valence-electron chi connectivity index (χ2n) is 6.88. The van der Waals surface area contributed by atoms with E-state index in [1.807, 2.05) is 18.2 Å². The van der Waals surface area contributed by atoms with Gasteiger partial charge in [-0.2, -0.15) is 0 Å². The van der Waals surface area contributed by atoms with Crippen LogP contribution in [-0.2, 0) is 15.1 Å². The molecule has 27 heavy (non-hydrogen) atoms. The number of hydrogen-bond donors (Lipinski definition) is 1. The smallest absolute Gasteiger partial charge is 0.344 e. The van der Waals surface area contributed by atoms with Gasteiger partial charge in [0.1, 0.15) is 6.10 Å². The van der Waals surface area contributed by atoms with Crippen LogP contribution >= 0.6 is 12.4 Å². The van der Waals surface area contributed by atoms with E-state index in [-0.39, 0.29) is 24.9 Å². The summed E-state index contributed by atoms with van der Waals surface area (Å²) in [6, 6.07) is 9.01. The van der Waals surface area contributed by atoms with Crippen LogP contribution in [0, 0.1) is 11.8 Å². The van der Waals surface area contributed by atoms with E-state index in [0.29, 0.717) is 12.1 Å². The highest BCUT2D eigenvalue weighted by Gasteiger charge is 2.40. The van der Waals surface area contributed by atoms with E-state index in [9.17, 15) is 9.90 Å². The van der Waals surface area contributed by atoms with E-state index in [1.54, 1.807) is 12.1 Å². The first-order valence-electron chi connectivity index (χ1n) is 9.77. The average Bonchev–Trinajstić information content (AvgIpc) is 2.69. The zero-order valence-electron chi connectivity index (χ0n) is 16.4. The van der Waals surface area contributed by atoms with Crippen molar-refractivity contribution in [2.45, 2.75) is 64.1 Å². The lowest BCUT2D eigenvalue weighted by atomic mass is 9.90. The molecule has 0 heterocycles. The molecule has 0 aliphatic heterocycles. The van der Waals surface area contributed by atoms with Gasteiger partial charge in [0.2, 0.25) is 0 Å². The van der Waals surface area contributed by atoms with Gasteiger partial charge in [-0.1, -0.05) is 62.4 Å². The molecule has 1 aliphatic carbocycles. The highest BCUT2D eigenvalue weighted by atomic mass is 35.5. The molecule has 150 valence electrons. The van der Waals surface area contributed by atoms with E-state index in [1.165, 1.54) is 6.42 Å². The first kappa shape index (κ1) is 23.5. The molecule has 2 rings (SSSR count). The molecule has 5 heteroatoms. The van der Waals surface area contributed by atoms with Gasteiger partial charge in [0.05, 0.1) is 13.0 Å². The molecule has 0 amide bonds. The van der Waals surface area contributed by atoms with Gasteiger partial charge in [-0.3, -0.25) is 4.90 Å². The van der Waals surface area contributed by atoms with Gasteiger partial charge in [-0.25, -0.2) is 4.79 Å². The average molecular weight is 394 g/mol. The predicted molar refractivity (Wildman–Crippen MR) is 111 cm³/mol. The zero-order chi connectivity index (χ0) is 18.8. The van der Waals surface area contributed by atoms with Crippen LogP contribution in [0.25, 0.3) is 0 Å². The van der Waals surface area contributed by atoms with Crippen molar-refractivity contribution in [3.05, 3.63) is 35.9 Å². The SMILES string of the molecule is CCN(CC)CC#CCC(O)(C(=O)OC1CCCCC1)c1ccccc1.Cl. The molecule has 1 fully saturated rings.